The number of amides is 1. The molecule has 1 aromatic heterocycles. The minimum absolute atomic E-state index is 0.0375. The monoisotopic (exact) mass is 367 g/mol. The molecule has 0 aliphatic heterocycles. The zero-order valence-corrected chi connectivity index (χ0v) is 14.5. The van der Waals surface area contributed by atoms with Gasteiger partial charge < -0.3 is 14.6 Å². The number of rotatable bonds is 7. The number of aromatic nitrogens is 1. The summed E-state index contributed by atoms with van der Waals surface area (Å²) in [7, 11) is 1.57. The highest BCUT2D eigenvalue weighted by molar-refractivity contribution is 5.93. The molecule has 8 nitrogen and oxygen atoms in total. The van der Waals surface area contributed by atoms with Crippen molar-refractivity contribution in [2.75, 3.05) is 13.7 Å². The lowest BCUT2D eigenvalue weighted by molar-refractivity contribution is -0.384. The molecule has 0 spiro atoms. The number of nitro benzene ring substituents is 1. The number of carbonyl (C=O) groups is 1. The molecule has 1 heterocycles. The van der Waals surface area contributed by atoms with E-state index in [4.69, 9.17) is 9.26 Å². The lowest BCUT2D eigenvalue weighted by Gasteiger charge is -2.03. The highest BCUT2D eigenvalue weighted by Crippen LogP contribution is 2.24. The van der Waals surface area contributed by atoms with E-state index in [1.807, 2.05) is 18.2 Å². The lowest BCUT2D eigenvalue weighted by Crippen LogP contribution is -2.25. The van der Waals surface area contributed by atoms with E-state index < -0.39 is 4.92 Å². The smallest absolute Gasteiger partial charge is 0.273 e. The third kappa shape index (κ3) is 4.49. The molecule has 0 fully saturated rings. The van der Waals surface area contributed by atoms with E-state index in [1.165, 1.54) is 12.1 Å². The Morgan fingerprint density at radius 3 is 2.70 bits per heavy atom. The van der Waals surface area contributed by atoms with Crippen LogP contribution in [-0.2, 0) is 6.42 Å². The molecule has 0 aliphatic carbocycles. The van der Waals surface area contributed by atoms with Gasteiger partial charge in [-0.3, -0.25) is 14.9 Å². The van der Waals surface area contributed by atoms with Crippen molar-refractivity contribution in [1.82, 2.24) is 10.5 Å². The second kappa shape index (κ2) is 8.13. The van der Waals surface area contributed by atoms with Crippen molar-refractivity contribution in [2.45, 2.75) is 6.42 Å². The van der Waals surface area contributed by atoms with Crippen molar-refractivity contribution in [1.29, 1.82) is 0 Å². The molecule has 8 heteroatoms. The molecule has 27 heavy (non-hydrogen) atoms. The maximum absolute atomic E-state index is 12.2. The second-order valence-corrected chi connectivity index (χ2v) is 5.74. The first-order valence-corrected chi connectivity index (χ1v) is 8.19. The van der Waals surface area contributed by atoms with Crippen LogP contribution in [-0.4, -0.2) is 29.6 Å². The standard InChI is InChI=1S/C19H17N3O5/c1-26-16-4-2-3-14(11-16)18-12-17(21-27-18)19(23)20-10-9-13-5-7-15(8-6-13)22(24)25/h2-8,11-12H,9-10H2,1H3,(H,20,23). The normalized spacial score (nSPS) is 10.4. The Morgan fingerprint density at radius 1 is 1.22 bits per heavy atom. The van der Waals surface area contributed by atoms with Crippen molar-refractivity contribution < 1.29 is 19.0 Å². The quantitative estimate of drug-likeness (QED) is 0.507. The number of ether oxygens (including phenoxy) is 1. The number of nitro groups is 1. The van der Waals surface area contributed by atoms with Crippen LogP contribution < -0.4 is 10.1 Å². The fourth-order valence-corrected chi connectivity index (χ4v) is 2.49. The van der Waals surface area contributed by atoms with Gasteiger partial charge >= 0.3 is 0 Å². The maximum atomic E-state index is 12.2. The summed E-state index contributed by atoms with van der Waals surface area (Å²) >= 11 is 0. The van der Waals surface area contributed by atoms with Gasteiger partial charge in [0.15, 0.2) is 11.5 Å². The first kappa shape index (κ1) is 18.1. The molecule has 0 atom stereocenters. The lowest BCUT2D eigenvalue weighted by atomic mass is 10.1. The molecule has 0 radical (unpaired) electrons. The minimum atomic E-state index is -0.448. The summed E-state index contributed by atoms with van der Waals surface area (Å²) < 4.78 is 10.4. The van der Waals surface area contributed by atoms with E-state index in [0.717, 1.165) is 11.1 Å². The molecule has 1 amide bonds. The van der Waals surface area contributed by atoms with Crippen LogP contribution in [0, 0.1) is 10.1 Å². The van der Waals surface area contributed by atoms with E-state index in [0.29, 0.717) is 24.5 Å². The van der Waals surface area contributed by atoms with Crippen LogP contribution in [0.15, 0.2) is 59.1 Å². The van der Waals surface area contributed by atoms with E-state index in [9.17, 15) is 14.9 Å². The summed E-state index contributed by atoms with van der Waals surface area (Å²) in [4.78, 5) is 22.4. The number of nitrogens with one attached hydrogen (secondary N) is 1. The molecular formula is C19H17N3O5. The van der Waals surface area contributed by atoms with Gasteiger partial charge in [0.2, 0.25) is 0 Å². The highest BCUT2D eigenvalue weighted by atomic mass is 16.6. The molecule has 1 N–H and O–H groups in total. The van der Waals surface area contributed by atoms with Crippen molar-refractivity contribution in [3.8, 4) is 17.1 Å². The number of hydrogen-bond donors (Lipinski definition) is 1. The van der Waals surface area contributed by atoms with E-state index in [2.05, 4.69) is 10.5 Å². The third-order valence-corrected chi connectivity index (χ3v) is 3.94. The maximum Gasteiger partial charge on any atom is 0.273 e. The first-order valence-electron chi connectivity index (χ1n) is 8.19. The summed E-state index contributed by atoms with van der Waals surface area (Å²) in [5, 5.41) is 17.2. The topological polar surface area (TPSA) is 108 Å². The van der Waals surface area contributed by atoms with Gasteiger partial charge in [0.05, 0.1) is 12.0 Å². The van der Waals surface area contributed by atoms with Crippen LogP contribution >= 0.6 is 0 Å². The molecule has 3 rings (SSSR count). The van der Waals surface area contributed by atoms with Crippen molar-refractivity contribution in [2.24, 2.45) is 0 Å². The summed E-state index contributed by atoms with van der Waals surface area (Å²) in [6.45, 7) is 0.373. The van der Waals surface area contributed by atoms with Gasteiger partial charge in [-0.15, -0.1) is 0 Å². The third-order valence-electron chi connectivity index (χ3n) is 3.94. The van der Waals surface area contributed by atoms with Gasteiger partial charge in [0.1, 0.15) is 5.75 Å². The number of carbonyl (C=O) groups excluding carboxylic acids is 1. The van der Waals surface area contributed by atoms with E-state index in [-0.39, 0.29) is 17.3 Å². The van der Waals surface area contributed by atoms with Crippen LogP contribution in [0.4, 0.5) is 5.69 Å². The van der Waals surface area contributed by atoms with Crippen LogP contribution in [0.3, 0.4) is 0 Å². The number of benzene rings is 2. The molecule has 2 aromatic carbocycles. The Balaban J connectivity index is 1.57. The van der Waals surface area contributed by atoms with Gasteiger partial charge in [0, 0.05) is 30.3 Å². The number of hydrogen-bond acceptors (Lipinski definition) is 6. The Morgan fingerprint density at radius 2 is 2.00 bits per heavy atom. The molecular weight excluding hydrogens is 350 g/mol. The number of non-ortho nitro benzene ring substituents is 1. The average Bonchev–Trinajstić information content (AvgIpc) is 3.19. The van der Waals surface area contributed by atoms with Crippen molar-refractivity contribution >= 4 is 11.6 Å². The second-order valence-electron chi connectivity index (χ2n) is 5.74. The molecule has 0 aliphatic rings. The predicted molar refractivity (Wildman–Crippen MR) is 97.6 cm³/mol. The summed E-state index contributed by atoms with van der Waals surface area (Å²) in [6.07, 6.45) is 0.546. The largest absolute Gasteiger partial charge is 0.497 e. The van der Waals surface area contributed by atoms with Crippen LogP contribution in [0.25, 0.3) is 11.3 Å². The van der Waals surface area contributed by atoms with Crippen LogP contribution in [0.1, 0.15) is 16.1 Å². The number of methoxy groups -OCH3 is 1. The molecule has 0 saturated heterocycles. The van der Waals surface area contributed by atoms with Crippen molar-refractivity contribution in [3.05, 3.63) is 76.0 Å². The Bertz CT molecular complexity index is 950. The van der Waals surface area contributed by atoms with Gasteiger partial charge in [-0.1, -0.05) is 29.4 Å². The fourth-order valence-electron chi connectivity index (χ4n) is 2.49. The zero-order valence-electron chi connectivity index (χ0n) is 14.5. The Kier molecular flexibility index (Phi) is 5.46. The fraction of sp³-hybridized carbons (Fsp3) is 0.158. The first-order chi connectivity index (χ1) is 13.1. The molecule has 0 unspecified atom stereocenters. The summed E-state index contributed by atoms with van der Waals surface area (Å²) in [6, 6.07) is 15.0. The predicted octanol–water partition coefficient (Wildman–Crippen LogP) is 3.23. The van der Waals surface area contributed by atoms with Gasteiger partial charge in [-0.2, -0.15) is 0 Å². The highest BCUT2D eigenvalue weighted by Gasteiger charge is 2.14. The summed E-state index contributed by atoms with van der Waals surface area (Å²) in [5.74, 6) is 0.794. The summed E-state index contributed by atoms with van der Waals surface area (Å²) in [5.41, 5.74) is 1.86. The molecule has 0 bridgehead atoms. The average molecular weight is 367 g/mol. The van der Waals surface area contributed by atoms with Gasteiger partial charge in [-0.25, -0.2) is 0 Å². The van der Waals surface area contributed by atoms with E-state index >= 15 is 0 Å². The minimum Gasteiger partial charge on any atom is -0.497 e. The Labute approximate surface area is 154 Å². The van der Waals surface area contributed by atoms with E-state index in [1.54, 1.807) is 31.4 Å². The molecule has 138 valence electrons. The number of nitrogens with zero attached hydrogens (tertiary/aromatic N) is 2. The zero-order chi connectivity index (χ0) is 19.2. The molecule has 0 saturated carbocycles. The Hall–Kier alpha value is -3.68. The van der Waals surface area contributed by atoms with Gasteiger partial charge in [-0.05, 0) is 24.1 Å². The SMILES string of the molecule is COc1cccc(-c2cc(C(=O)NCCc3ccc([N+](=O)[O-])cc3)no2)c1. The molecule has 3 aromatic rings. The van der Waals surface area contributed by atoms with Crippen LogP contribution in [0.5, 0.6) is 5.75 Å². The van der Waals surface area contributed by atoms with Crippen molar-refractivity contribution in [3.63, 3.8) is 0 Å². The van der Waals surface area contributed by atoms with Gasteiger partial charge in [0.25, 0.3) is 11.6 Å². The van der Waals surface area contributed by atoms with Crippen LogP contribution in [0.2, 0.25) is 0 Å².